The molecule has 0 bridgehead atoms. The van der Waals surface area contributed by atoms with E-state index >= 15 is 0 Å². The van der Waals surface area contributed by atoms with Gasteiger partial charge in [-0.15, -0.1) is 0 Å². The van der Waals surface area contributed by atoms with Crippen molar-refractivity contribution in [2.75, 3.05) is 25.0 Å². The van der Waals surface area contributed by atoms with Gasteiger partial charge in [-0.05, 0) is 68.0 Å². The Kier molecular flexibility index (Phi) is 2.83. The highest BCUT2D eigenvalue weighted by atomic mass is 14.9. The maximum Gasteiger partial charge on any atom is 0.0343 e. The molecule has 0 aromatic heterocycles. The fourth-order valence-corrected chi connectivity index (χ4v) is 2.83. The van der Waals surface area contributed by atoms with Gasteiger partial charge in [-0.1, -0.05) is 6.07 Å². The van der Waals surface area contributed by atoms with Gasteiger partial charge in [0.25, 0.3) is 0 Å². The predicted molar refractivity (Wildman–Crippen MR) is 67.9 cm³/mol. The molecule has 0 radical (unpaired) electrons. The Balaban J connectivity index is 1.61. The van der Waals surface area contributed by atoms with Crippen molar-refractivity contribution in [1.82, 2.24) is 5.32 Å². The van der Waals surface area contributed by atoms with E-state index in [9.17, 15) is 0 Å². The molecule has 1 unspecified atom stereocenters. The molecule has 2 heteroatoms. The van der Waals surface area contributed by atoms with Crippen LogP contribution in [0, 0.1) is 5.92 Å². The Morgan fingerprint density at radius 2 is 2.19 bits per heavy atom. The second-order valence-electron chi connectivity index (χ2n) is 5.08. The Labute approximate surface area is 97.4 Å². The Morgan fingerprint density at radius 3 is 3.06 bits per heavy atom. The van der Waals surface area contributed by atoms with Crippen LogP contribution >= 0.6 is 0 Å². The number of rotatable bonds is 3. The number of hydrogen-bond donors (Lipinski definition) is 2. The molecule has 2 nitrogen and oxygen atoms in total. The van der Waals surface area contributed by atoms with Crippen LogP contribution < -0.4 is 10.6 Å². The SMILES string of the molecule is c1cc2c(cc1NCC1CCNC1)CCC2. The molecule has 2 aliphatic rings. The Morgan fingerprint density at radius 1 is 1.25 bits per heavy atom. The van der Waals surface area contributed by atoms with Crippen molar-refractivity contribution in [2.24, 2.45) is 5.92 Å². The lowest BCUT2D eigenvalue weighted by molar-refractivity contribution is 0.615. The van der Waals surface area contributed by atoms with Crippen LogP contribution in [0.25, 0.3) is 0 Å². The van der Waals surface area contributed by atoms with E-state index in [-0.39, 0.29) is 0 Å². The van der Waals surface area contributed by atoms with Crippen molar-refractivity contribution in [3.63, 3.8) is 0 Å². The summed E-state index contributed by atoms with van der Waals surface area (Å²) in [6.07, 6.45) is 5.21. The third-order valence-electron chi connectivity index (χ3n) is 3.86. The smallest absolute Gasteiger partial charge is 0.0343 e. The molecule has 1 aliphatic carbocycles. The molecule has 2 N–H and O–H groups in total. The maximum absolute atomic E-state index is 3.58. The van der Waals surface area contributed by atoms with Crippen molar-refractivity contribution in [3.05, 3.63) is 29.3 Å². The molecular weight excluding hydrogens is 196 g/mol. The first kappa shape index (κ1) is 10.2. The zero-order valence-electron chi connectivity index (χ0n) is 9.76. The van der Waals surface area contributed by atoms with Crippen LogP contribution in [0.2, 0.25) is 0 Å². The van der Waals surface area contributed by atoms with Crippen LogP contribution in [0.1, 0.15) is 24.0 Å². The topological polar surface area (TPSA) is 24.1 Å². The van der Waals surface area contributed by atoms with Crippen LogP contribution in [0.5, 0.6) is 0 Å². The second kappa shape index (κ2) is 4.46. The first-order valence-corrected chi connectivity index (χ1v) is 6.48. The predicted octanol–water partition coefficient (Wildman–Crippen LogP) is 2.20. The molecule has 1 aromatic rings. The number of fused-ring (bicyclic) bond motifs is 1. The fraction of sp³-hybridized carbons (Fsp3) is 0.571. The summed E-state index contributed by atoms with van der Waals surface area (Å²) in [5.41, 5.74) is 4.44. The minimum absolute atomic E-state index is 0.813. The van der Waals surface area contributed by atoms with Gasteiger partial charge in [0, 0.05) is 12.2 Å². The first-order chi connectivity index (χ1) is 7.92. The van der Waals surface area contributed by atoms with Gasteiger partial charge in [0.15, 0.2) is 0 Å². The third kappa shape index (κ3) is 2.07. The molecule has 1 fully saturated rings. The molecule has 16 heavy (non-hydrogen) atoms. The number of anilines is 1. The quantitative estimate of drug-likeness (QED) is 0.809. The van der Waals surface area contributed by atoms with Gasteiger partial charge in [-0.2, -0.15) is 0 Å². The van der Waals surface area contributed by atoms with Gasteiger partial charge in [0.1, 0.15) is 0 Å². The van der Waals surface area contributed by atoms with Crippen molar-refractivity contribution in [2.45, 2.75) is 25.7 Å². The van der Waals surface area contributed by atoms with Crippen molar-refractivity contribution in [3.8, 4) is 0 Å². The van der Waals surface area contributed by atoms with Crippen molar-refractivity contribution in [1.29, 1.82) is 0 Å². The average molecular weight is 216 g/mol. The monoisotopic (exact) mass is 216 g/mol. The minimum Gasteiger partial charge on any atom is -0.385 e. The summed E-state index contributed by atoms with van der Waals surface area (Å²) in [6, 6.07) is 6.90. The molecule has 1 aromatic carbocycles. The molecule has 86 valence electrons. The van der Waals surface area contributed by atoms with E-state index in [0.29, 0.717) is 0 Å². The standard InChI is InChI=1S/C14H20N2/c1-2-12-4-5-14(8-13(12)3-1)16-10-11-6-7-15-9-11/h4-5,8,11,15-16H,1-3,6-7,9-10H2. The molecule has 1 atom stereocenters. The summed E-state index contributed by atoms with van der Waals surface area (Å²) in [5.74, 6) is 0.813. The maximum atomic E-state index is 3.58. The summed E-state index contributed by atoms with van der Waals surface area (Å²) >= 11 is 0. The van der Waals surface area contributed by atoms with Crippen LogP contribution in [0.4, 0.5) is 5.69 Å². The van der Waals surface area contributed by atoms with Crippen molar-refractivity contribution >= 4 is 5.69 Å². The first-order valence-electron chi connectivity index (χ1n) is 6.48. The van der Waals surface area contributed by atoms with E-state index in [2.05, 4.69) is 28.8 Å². The van der Waals surface area contributed by atoms with E-state index in [4.69, 9.17) is 0 Å². The molecular formula is C14H20N2. The number of nitrogens with one attached hydrogen (secondary N) is 2. The Hall–Kier alpha value is -1.02. The molecule has 1 aliphatic heterocycles. The van der Waals surface area contributed by atoms with Crippen LogP contribution in [0.15, 0.2) is 18.2 Å². The van der Waals surface area contributed by atoms with E-state index < -0.39 is 0 Å². The second-order valence-corrected chi connectivity index (χ2v) is 5.08. The number of benzene rings is 1. The van der Waals surface area contributed by atoms with E-state index in [1.54, 1.807) is 11.1 Å². The highest BCUT2D eigenvalue weighted by Gasteiger charge is 2.14. The van der Waals surface area contributed by atoms with Gasteiger partial charge < -0.3 is 10.6 Å². The summed E-state index contributed by atoms with van der Waals surface area (Å²) in [7, 11) is 0. The highest BCUT2D eigenvalue weighted by Crippen LogP contribution is 2.25. The van der Waals surface area contributed by atoms with Crippen molar-refractivity contribution < 1.29 is 0 Å². The Bertz CT molecular complexity index is 367. The van der Waals surface area contributed by atoms with Gasteiger partial charge in [0.2, 0.25) is 0 Å². The third-order valence-corrected chi connectivity index (χ3v) is 3.86. The number of aryl methyl sites for hydroxylation is 2. The molecule has 0 saturated carbocycles. The molecule has 0 amide bonds. The summed E-state index contributed by atoms with van der Waals surface area (Å²) < 4.78 is 0. The summed E-state index contributed by atoms with van der Waals surface area (Å²) in [4.78, 5) is 0. The van der Waals surface area contributed by atoms with E-state index in [1.807, 2.05) is 0 Å². The normalized spacial score (nSPS) is 23.4. The summed E-state index contributed by atoms with van der Waals surface area (Å²) in [5, 5.41) is 6.99. The van der Waals surface area contributed by atoms with E-state index in [0.717, 1.165) is 12.5 Å². The van der Waals surface area contributed by atoms with Crippen LogP contribution in [-0.2, 0) is 12.8 Å². The average Bonchev–Trinajstić information content (AvgIpc) is 2.97. The largest absolute Gasteiger partial charge is 0.385 e. The minimum atomic E-state index is 0.813. The number of hydrogen-bond acceptors (Lipinski definition) is 2. The lowest BCUT2D eigenvalue weighted by atomic mass is 10.1. The van der Waals surface area contributed by atoms with E-state index in [1.165, 1.54) is 44.5 Å². The van der Waals surface area contributed by atoms with Gasteiger partial charge in [-0.3, -0.25) is 0 Å². The lowest BCUT2D eigenvalue weighted by Gasteiger charge is -2.12. The molecule has 1 saturated heterocycles. The molecule has 3 rings (SSSR count). The molecule has 1 heterocycles. The van der Waals surface area contributed by atoms with Gasteiger partial charge in [0.05, 0.1) is 0 Å². The lowest BCUT2D eigenvalue weighted by Crippen LogP contribution is -2.17. The van der Waals surface area contributed by atoms with Crippen LogP contribution in [0.3, 0.4) is 0 Å². The zero-order valence-corrected chi connectivity index (χ0v) is 9.76. The van der Waals surface area contributed by atoms with Gasteiger partial charge in [-0.25, -0.2) is 0 Å². The van der Waals surface area contributed by atoms with Crippen LogP contribution in [-0.4, -0.2) is 19.6 Å². The fourth-order valence-electron chi connectivity index (χ4n) is 2.83. The van der Waals surface area contributed by atoms with Gasteiger partial charge >= 0.3 is 0 Å². The zero-order chi connectivity index (χ0) is 10.8. The highest BCUT2D eigenvalue weighted by molar-refractivity contribution is 5.50. The molecule has 0 spiro atoms. The summed E-state index contributed by atoms with van der Waals surface area (Å²) in [6.45, 7) is 3.49.